The molecule has 1 rings (SSSR count). The zero-order chi connectivity index (χ0) is 12.1. The van der Waals surface area contributed by atoms with Crippen molar-refractivity contribution >= 4 is 17.1 Å². The number of halogens is 2. The first-order chi connectivity index (χ1) is 7.61. The van der Waals surface area contributed by atoms with Gasteiger partial charge in [-0.2, -0.15) is 5.26 Å². The number of hydrogen-bond acceptors (Lipinski definition) is 4. The molecule has 1 heterocycles. The van der Waals surface area contributed by atoms with Crippen LogP contribution in [-0.4, -0.2) is 19.5 Å². The molecule has 16 heavy (non-hydrogen) atoms. The molecule has 0 N–H and O–H groups in total. The molecule has 0 saturated heterocycles. The Bertz CT molecular complexity index is 411. The lowest BCUT2D eigenvalue weighted by Gasteiger charge is -2.08. The first kappa shape index (κ1) is 12.7. The molecule has 0 amide bonds. The van der Waals surface area contributed by atoms with Gasteiger partial charge in [0, 0.05) is 17.6 Å². The van der Waals surface area contributed by atoms with Crippen LogP contribution in [0, 0.1) is 11.3 Å². The minimum atomic E-state index is -2.67. The van der Waals surface area contributed by atoms with Gasteiger partial charge in [-0.1, -0.05) is 0 Å². The van der Waals surface area contributed by atoms with Crippen LogP contribution in [0.1, 0.15) is 22.8 Å². The summed E-state index contributed by atoms with van der Waals surface area (Å²) in [6, 6.07) is 2.96. The number of methoxy groups -OCH3 is 1. The highest BCUT2D eigenvalue weighted by atomic mass is 32.1. The molecule has 0 aliphatic carbocycles. The maximum Gasteiger partial charge on any atom is 0.264 e. The van der Waals surface area contributed by atoms with Crippen LogP contribution in [0.4, 0.5) is 8.78 Å². The summed E-state index contributed by atoms with van der Waals surface area (Å²) in [6.45, 7) is -0.251. The minimum absolute atomic E-state index is 0.111. The second-order valence-electron chi connectivity index (χ2n) is 3.00. The number of thiophene rings is 1. The normalized spacial score (nSPS) is 12.4. The minimum Gasteiger partial charge on any atom is -0.377 e. The number of carbonyl (C=O) groups excluding carboxylic acids is 1. The van der Waals surface area contributed by atoms with E-state index in [0.717, 1.165) is 11.3 Å². The Kier molecular flexibility index (Phi) is 4.52. The molecule has 86 valence electrons. The molecule has 6 heteroatoms. The van der Waals surface area contributed by atoms with E-state index < -0.39 is 18.1 Å². The smallest absolute Gasteiger partial charge is 0.264 e. The molecule has 0 spiro atoms. The molecule has 3 nitrogen and oxygen atoms in total. The topological polar surface area (TPSA) is 50.1 Å². The molecule has 0 fully saturated rings. The molecule has 0 bridgehead atoms. The van der Waals surface area contributed by atoms with E-state index in [0.29, 0.717) is 0 Å². The summed E-state index contributed by atoms with van der Waals surface area (Å²) in [7, 11) is 1.31. The van der Waals surface area contributed by atoms with E-state index in [1.807, 2.05) is 0 Å². The van der Waals surface area contributed by atoms with Crippen LogP contribution in [0.15, 0.2) is 11.4 Å². The number of alkyl halides is 2. The van der Waals surface area contributed by atoms with E-state index in [1.165, 1.54) is 18.6 Å². The van der Waals surface area contributed by atoms with Crippen LogP contribution < -0.4 is 0 Å². The van der Waals surface area contributed by atoms with Crippen molar-refractivity contribution in [1.82, 2.24) is 0 Å². The lowest BCUT2D eigenvalue weighted by atomic mass is 10.0. The van der Waals surface area contributed by atoms with Crippen molar-refractivity contribution in [3.63, 3.8) is 0 Å². The zero-order valence-corrected chi connectivity index (χ0v) is 9.26. The Hall–Kier alpha value is -1.32. The third-order valence-electron chi connectivity index (χ3n) is 1.96. The van der Waals surface area contributed by atoms with Crippen molar-refractivity contribution in [2.45, 2.75) is 12.3 Å². The third kappa shape index (κ3) is 2.62. The summed E-state index contributed by atoms with van der Waals surface area (Å²) < 4.78 is 29.7. The second kappa shape index (κ2) is 5.68. The van der Waals surface area contributed by atoms with E-state index in [-0.39, 0.29) is 17.0 Å². The molecular formula is C10H9F2NO2S. The van der Waals surface area contributed by atoms with Crippen molar-refractivity contribution < 1.29 is 18.3 Å². The summed E-state index contributed by atoms with van der Waals surface area (Å²) >= 11 is 0.986. The molecule has 1 unspecified atom stereocenters. The highest BCUT2D eigenvalue weighted by Gasteiger charge is 2.27. The standard InChI is InChI=1S/C10H9F2NO2S/c1-15-5-8(14)7(4-13)9-6(10(11)12)2-3-16-9/h2-3,7,10H,5H2,1H3. The van der Waals surface area contributed by atoms with Gasteiger partial charge >= 0.3 is 0 Å². The number of nitriles is 1. The number of carbonyl (C=O) groups is 1. The quantitative estimate of drug-likeness (QED) is 0.800. The molecule has 0 aliphatic heterocycles. The highest BCUT2D eigenvalue weighted by Crippen LogP contribution is 2.33. The Morgan fingerprint density at radius 1 is 1.69 bits per heavy atom. The van der Waals surface area contributed by atoms with Gasteiger partial charge < -0.3 is 4.74 Å². The van der Waals surface area contributed by atoms with Crippen LogP contribution in [0.5, 0.6) is 0 Å². The maximum absolute atomic E-state index is 12.6. The lowest BCUT2D eigenvalue weighted by Crippen LogP contribution is -2.16. The fourth-order valence-electron chi connectivity index (χ4n) is 1.25. The van der Waals surface area contributed by atoms with Crippen molar-refractivity contribution in [1.29, 1.82) is 5.26 Å². The van der Waals surface area contributed by atoms with E-state index in [1.54, 1.807) is 6.07 Å². The Morgan fingerprint density at radius 3 is 2.88 bits per heavy atom. The molecular weight excluding hydrogens is 236 g/mol. The summed E-state index contributed by atoms with van der Waals surface area (Å²) in [5.74, 6) is -1.67. The fraction of sp³-hybridized carbons (Fsp3) is 0.400. The van der Waals surface area contributed by atoms with Gasteiger partial charge in [-0.3, -0.25) is 4.79 Å². The highest BCUT2D eigenvalue weighted by molar-refractivity contribution is 7.10. The summed E-state index contributed by atoms with van der Waals surface area (Å²) in [5, 5.41) is 10.3. The van der Waals surface area contributed by atoms with Crippen molar-refractivity contribution in [2.75, 3.05) is 13.7 Å². The summed E-state index contributed by atoms with van der Waals surface area (Å²) in [4.78, 5) is 11.6. The van der Waals surface area contributed by atoms with Crippen molar-refractivity contribution in [3.8, 4) is 6.07 Å². The van der Waals surface area contributed by atoms with E-state index >= 15 is 0 Å². The van der Waals surface area contributed by atoms with Crippen LogP contribution >= 0.6 is 11.3 Å². The molecule has 1 aromatic heterocycles. The average molecular weight is 245 g/mol. The van der Waals surface area contributed by atoms with Crippen molar-refractivity contribution in [2.24, 2.45) is 0 Å². The van der Waals surface area contributed by atoms with E-state index in [9.17, 15) is 13.6 Å². The maximum atomic E-state index is 12.6. The van der Waals surface area contributed by atoms with Gasteiger partial charge in [0.2, 0.25) is 0 Å². The summed E-state index contributed by atoms with van der Waals surface area (Å²) in [6.07, 6.45) is -2.67. The molecule has 1 atom stereocenters. The Balaban J connectivity index is 3.01. The Morgan fingerprint density at radius 2 is 2.38 bits per heavy atom. The number of ether oxygens (including phenoxy) is 1. The largest absolute Gasteiger partial charge is 0.377 e. The third-order valence-corrected chi connectivity index (χ3v) is 2.96. The van der Waals surface area contributed by atoms with Gasteiger partial charge in [0.1, 0.15) is 12.5 Å². The zero-order valence-electron chi connectivity index (χ0n) is 8.44. The van der Waals surface area contributed by atoms with Gasteiger partial charge in [-0.15, -0.1) is 11.3 Å². The van der Waals surface area contributed by atoms with Gasteiger partial charge in [0.05, 0.1) is 6.07 Å². The average Bonchev–Trinajstić information content (AvgIpc) is 2.68. The van der Waals surface area contributed by atoms with Crippen LogP contribution in [-0.2, 0) is 9.53 Å². The predicted molar refractivity (Wildman–Crippen MR) is 54.5 cm³/mol. The second-order valence-corrected chi connectivity index (χ2v) is 3.95. The Labute approximate surface area is 95.3 Å². The monoisotopic (exact) mass is 245 g/mol. The van der Waals surface area contributed by atoms with Gasteiger partial charge in [0.15, 0.2) is 5.78 Å². The first-order valence-corrected chi connectivity index (χ1v) is 5.26. The van der Waals surface area contributed by atoms with Crippen LogP contribution in [0.3, 0.4) is 0 Å². The van der Waals surface area contributed by atoms with Gasteiger partial charge in [0.25, 0.3) is 6.43 Å². The van der Waals surface area contributed by atoms with Gasteiger partial charge in [-0.25, -0.2) is 8.78 Å². The molecule has 0 radical (unpaired) electrons. The molecule has 1 aromatic rings. The van der Waals surface area contributed by atoms with Crippen LogP contribution in [0.2, 0.25) is 0 Å². The number of nitrogens with zero attached hydrogens (tertiary/aromatic N) is 1. The fourth-order valence-corrected chi connectivity index (χ4v) is 2.22. The molecule has 0 saturated carbocycles. The van der Waals surface area contributed by atoms with E-state index in [2.05, 4.69) is 4.74 Å². The SMILES string of the molecule is COCC(=O)C(C#N)c1sccc1C(F)F. The predicted octanol–water partition coefficient (Wildman–Crippen LogP) is 2.51. The lowest BCUT2D eigenvalue weighted by molar-refractivity contribution is -0.122. The molecule has 0 aliphatic rings. The number of Topliss-reactive ketones (excluding diaryl/α,β-unsaturated/α-hetero) is 1. The molecule has 0 aromatic carbocycles. The van der Waals surface area contributed by atoms with Gasteiger partial charge in [-0.05, 0) is 11.4 Å². The van der Waals surface area contributed by atoms with Crippen molar-refractivity contribution in [3.05, 3.63) is 21.9 Å². The number of hydrogen-bond donors (Lipinski definition) is 0. The summed E-state index contributed by atoms with van der Waals surface area (Å²) in [5.41, 5.74) is -0.249. The van der Waals surface area contributed by atoms with Crippen LogP contribution in [0.25, 0.3) is 0 Å². The first-order valence-electron chi connectivity index (χ1n) is 4.38. The number of ketones is 1. The number of rotatable bonds is 5. The van der Waals surface area contributed by atoms with E-state index in [4.69, 9.17) is 5.26 Å².